The van der Waals surface area contributed by atoms with Gasteiger partial charge in [-0.25, -0.2) is 4.98 Å². The van der Waals surface area contributed by atoms with Crippen molar-refractivity contribution in [3.63, 3.8) is 0 Å². The number of aromatic amines is 1. The highest BCUT2D eigenvalue weighted by atomic mass is 16.3. The number of nitrogens with zero attached hydrogens (tertiary/aromatic N) is 4. The Balaban J connectivity index is 1.68. The molecule has 0 aliphatic carbocycles. The zero-order valence-electron chi connectivity index (χ0n) is 12.5. The minimum absolute atomic E-state index is 0.116. The molecule has 1 atom stereocenters. The Labute approximate surface area is 132 Å². The number of carbonyl (C=O) groups excluding carboxylic acids is 1. The Morgan fingerprint density at radius 1 is 1.43 bits per heavy atom. The van der Waals surface area contributed by atoms with Crippen LogP contribution in [0.25, 0.3) is 11.3 Å². The Kier molecular flexibility index (Phi) is 4.05. The first-order valence-corrected chi connectivity index (χ1v) is 7.10. The quantitative estimate of drug-likeness (QED) is 0.656. The summed E-state index contributed by atoms with van der Waals surface area (Å²) in [5.41, 5.74) is 1.41. The molecule has 0 aliphatic rings. The zero-order valence-corrected chi connectivity index (χ0v) is 12.5. The molecule has 0 unspecified atom stereocenters. The Bertz CT molecular complexity index is 796. The SMILES string of the molecule is C[C@@H](Cn1cncn1)NC(=O)c1cc(-c2ccccc2O)n[nH]1. The van der Waals surface area contributed by atoms with Crippen LogP contribution in [0.2, 0.25) is 0 Å². The van der Waals surface area contributed by atoms with Crippen LogP contribution >= 0.6 is 0 Å². The molecular formula is C15H16N6O2. The number of hydrogen-bond acceptors (Lipinski definition) is 5. The fraction of sp³-hybridized carbons (Fsp3) is 0.200. The molecule has 0 spiro atoms. The molecule has 2 heterocycles. The van der Waals surface area contributed by atoms with Crippen LogP contribution in [0.1, 0.15) is 17.4 Å². The van der Waals surface area contributed by atoms with Crippen LogP contribution in [-0.2, 0) is 6.54 Å². The fourth-order valence-corrected chi connectivity index (χ4v) is 2.22. The van der Waals surface area contributed by atoms with Crippen molar-refractivity contribution in [1.29, 1.82) is 0 Å². The van der Waals surface area contributed by atoms with E-state index in [-0.39, 0.29) is 17.7 Å². The molecule has 3 aromatic rings. The van der Waals surface area contributed by atoms with Crippen LogP contribution in [0.3, 0.4) is 0 Å². The Morgan fingerprint density at radius 3 is 3.00 bits per heavy atom. The van der Waals surface area contributed by atoms with Gasteiger partial charge in [0.05, 0.1) is 12.2 Å². The average Bonchev–Trinajstić information content (AvgIpc) is 3.19. The minimum Gasteiger partial charge on any atom is -0.507 e. The normalized spacial score (nSPS) is 12.0. The molecule has 1 amide bonds. The van der Waals surface area contributed by atoms with Crippen LogP contribution in [0.15, 0.2) is 43.0 Å². The molecule has 3 N–H and O–H groups in total. The van der Waals surface area contributed by atoms with Crippen LogP contribution in [0.5, 0.6) is 5.75 Å². The number of H-pyrrole nitrogens is 1. The van der Waals surface area contributed by atoms with E-state index in [1.54, 1.807) is 41.3 Å². The number of aromatic hydroxyl groups is 1. The Morgan fingerprint density at radius 2 is 2.26 bits per heavy atom. The molecule has 2 aromatic heterocycles. The predicted molar refractivity (Wildman–Crippen MR) is 82.6 cm³/mol. The molecular weight excluding hydrogens is 296 g/mol. The number of carbonyl (C=O) groups is 1. The Hall–Kier alpha value is -3.16. The number of rotatable bonds is 5. The van der Waals surface area contributed by atoms with E-state index in [2.05, 4.69) is 25.6 Å². The smallest absolute Gasteiger partial charge is 0.269 e. The molecule has 1 aromatic carbocycles. The molecule has 0 saturated heterocycles. The molecule has 0 fully saturated rings. The summed E-state index contributed by atoms with van der Waals surface area (Å²) in [6, 6.07) is 8.31. The lowest BCUT2D eigenvalue weighted by molar-refractivity contribution is 0.0931. The second kappa shape index (κ2) is 6.30. The van der Waals surface area contributed by atoms with Gasteiger partial charge in [-0.1, -0.05) is 12.1 Å². The lowest BCUT2D eigenvalue weighted by Gasteiger charge is -2.12. The standard InChI is InChI=1S/C15H16N6O2/c1-10(7-21-9-16-8-17-21)18-15(23)13-6-12(19-20-13)11-4-2-3-5-14(11)22/h2-6,8-10,22H,7H2,1H3,(H,18,23)(H,19,20)/t10-/m0/s1. The number of hydrogen-bond donors (Lipinski definition) is 3. The molecule has 0 saturated carbocycles. The fourth-order valence-electron chi connectivity index (χ4n) is 2.22. The summed E-state index contributed by atoms with van der Waals surface area (Å²) in [5.74, 6) is -0.155. The van der Waals surface area contributed by atoms with Crippen LogP contribution in [0.4, 0.5) is 0 Å². The van der Waals surface area contributed by atoms with Gasteiger partial charge in [0.15, 0.2) is 0 Å². The number of amides is 1. The van der Waals surface area contributed by atoms with Crippen molar-refractivity contribution in [3.05, 3.63) is 48.7 Å². The van der Waals surface area contributed by atoms with Crippen LogP contribution < -0.4 is 5.32 Å². The summed E-state index contributed by atoms with van der Waals surface area (Å²) in [7, 11) is 0. The van der Waals surface area contributed by atoms with Gasteiger partial charge in [-0.3, -0.25) is 14.6 Å². The number of benzene rings is 1. The molecule has 8 heteroatoms. The number of phenolic OH excluding ortho intramolecular Hbond substituents is 1. The highest BCUT2D eigenvalue weighted by molar-refractivity contribution is 5.93. The average molecular weight is 312 g/mol. The van der Waals surface area contributed by atoms with Crippen molar-refractivity contribution in [2.24, 2.45) is 0 Å². The van der Waals surface area contributed by atoms with Gasteiger partial charge in [0, 0.05) is 11.6 Å². The minimum atomic E-state index is -0.271. The second-order valence-electron chi connectivity index (χ2n) is 5.18. The van der Waals surface area contributed by atoms with Crippen molar-refractivity contribution in [3.8, 4) is 17.0 Å². The van der Waals surface area contributed by atoms with Gasteiger partial charge in [-0.15, -0.1) is 0 Å². The molecule has 0 radical (unpaired) electrons. The third-order valence-corrected chi connectivity index (χ3v) is 3.31. The highest BCUT2D eigenvalue weighted by Crippen LogP contribution is 2.27. The summed E-state index contributed by atoms with van der Waals surface area (Å²) in [4.78, 5) is 16.1. The van der Waals surface area contributed by atoms with E-state index in [1.165, 1.54) is 6.33 Å². The monoisotopic (exact) mass is 312 g/mol. The summed E-state index contributed by atoms with van der Waals surface area (Å²) in [6.07, 6.45) is 3.04. The van der Waals surface area contributed by atoms with E-state index in [1.807, 2.05) is 6.92 Å². The summed E-state index contributed by atoms with van der Waals surface area (Å²) >= 11 is 0. The predicted octanol–water partition coefficient (Wildman–Crippen LogP) is 1.19. The third kappa shape index (κ3) is 3.37. The first kappa shape index (κ1) is 14.8. The van der Waals surface area contributed by atoms with Crippen molar-refractivity contribution < 1.29 is 9.90 Å². The van der Waals surface area contributed by atoms with Crippen LogP contribution in [0, 0.1) is 0 Å². The zero-order chi connectivity index (χ0) is 16.2. The van der Waals surface area contributed by atoms with Crippen LogP contribution in [-0.4, -0.2) is 42.0 Å². The maximum Gasteiger partial charge on any atom is 0.269 e. The maximum absolute atomic E-state index is 12.2. The topological polar surface area (TPSA) is 109 Å². The molecule has 3 rings (SSSR count). The molecule has 0 aliphatic heterocycles. The summed E-state index contributed by atoms with van der Waals surface area (Å²) in [5, 5.41) is 23.4. The lowest BCUT2D eigenvalue weighted by Crippen LogP contribution is -2.36. The molecule has 118 valence electrons. The number of aromatic nitrogens is 5. The van der Waals surface area contributed by atoms with Crippen molar-refractivity contribution in [1.82, 2.24) is 30.3 Å². The van der Waals surface area contributed by atoms with Gasteiger partial charge in [-0.05, 0) is 25.1 Å². The molecule has 0 bridgehead atoms. The second-order valence-corrected chi connectivity index (χ2v) is 5.18. The van der Waals surface area contributed by atoms with Gasteiger partial charge < -0.3 is 10.4 Å². The molecule has 23 heavy (non-hydrogen) atoms. The van der Waals surface area contributed by atoms with Crippen molar-refractivity contribution in [2.75, 3.05) is 0 Å². The van der Waals surface area contributed by atoms with E-state index in [9.17, 15) is 9.90 Å². The van der Waals surface area contributed by atoms with E-state index >= 15 is 0 Å². The number of phenols is 1. The van der Waals surface area contributed by atoms with Gasteiger partial charge in [0.1, 0.15) is 24.1 Å². The third-order valence-electron chi connectivity index (χ3n) is 3.31. The van der Waals surface area contributed by atoms with E-state index in [0.29, 0.717) is 23.5 Å². The first-order valence-electron chi connectivity index (χ1n) is 7.10. The maximum atomic E-state index is 12.2. The van der Waals surface area contributed by atoms with Gasteiger partial charge >= 0.3 is 0 Å². The van der Waals surface area contributed by atoms with E-state index in [4.69, 9.17) is 0 Å². The van der Waals surface area contributed by atoms with Crippen molar-refractivity contribution >= 4 is 5.91 Å². The first-order chi connectivity index (χ1) is 11.1. The largest absolute Gasteiger partial charge is 0.507 e. The van der Waals surface area contributed by atoms with Gasteiger partial charge in [-0.2, -0.15) is 10.2 Å². The summed E-state index contributed by atoms with van der Waals surface area (Å²) < 4.78 is 1.64. The highest BCUT2D eigenvalue weighted by Gasteiger charge is 2.15. The van der Waals surface area contributed by atoms with E-state index < -0.39 is 0 Å². The molecule has 8 nitrogen and oxygen atoms in total. The number of nitrogens with one attached hydrogen (secondary N) is 2. The van der Waals surface area contributed by atoms with Gasteiger partial charge in [0.2, 0.25) is 0 Å². The van der Waals surface area contributed by atoms with E-state index in [0.717, 1.165) is 0 Å². The number of para-hydroxylation sites is 1. The summed E-state index contributed by atoms with van der Waals surface area (Å²) in [6.45, 7) is 2.39. The van der Waals surface area contributed by atoms with Gasteiger partial charge in [0.25, 0.3) is 5.91 Å². The lowest BCUT2D eigenvalue weighted by atomic mass is 10.1. The van der Waals surface area contributed by atoms with Crippen molar-refractivity contribution in [2.45, 2.75) is 19.5 Å².